The molecule has 4 atom stereocenters. The number of halogens is 1. The Bertz CT molecular complexity index is 1430. The van der Waals surface area contributed by atoms with Gasteiger partial charge in [0.1, 0.15) is 0 Å². The van der Waals surface area contributed by atoms with Crippen molar-refractivity contribution in [3.63, 3.8) is 0 Å². The first kappa shape index (κ1) is 23.1. The minimum absolute atomic E-state index is 0.0155. The summed E-state index contributed by atoms with van der Waals surface area (Å²) in [5.41, 5.74) is 2.11. The van der Waals surface area contributed by atoms with Gasteiger partial charge in [0.05, 0.1) is 28.4 Å². The zero-order chi connectivity index (χ0) is 25.2. The fraction of sp³-hybridized carbons (Fsp3) is 0.258. The fourth-order valence-corrected chi connectivity index (χ4v) is 7.47. The van der Waals surface area contributed by atoms with Gasteiger partial charge in [0.25, 0.3) is 0 Å². The van der Waals surface area contributed by atoms with Gasteiger partial charge in [-0.3, -0.25) is 14.4 Å². The predicted molar refractivity (Wildman–Crippen MR) is 144 cm³/mol. The van der Waals surface area contributed by atoms with Crippen LogP contribution < -0.4 is 4.90 Å². The summed E-state index contributed by atoms with van der Waals surface area (Å²) in [7, 11) is 0. The number of rotatable bonds is 5. The van der Waals surface area contributed by atoms with Crippen LogP contribution in [0.4, 0.5) is 5.69 Å². The summed E-state index contributed by atoms with van der Waals surface area (Å²) in [6.07, 6.45) is 1.25. The van der Waals surface area contributed by atoms with Gasteiger partial charge in [-0.15, -0.1) is 0 Å². The highest BCUT2D eigenvalue weighted by atomic mass is 79.9. The molecule has 0 spiro atoms. The van der Waals surface area contributed by atoms with E-state index in [1.807, 2.05) is 86.6 Å². The maximum atomic E-state index is 14.6. The molecule has 2 bridgehead atoms. The van der Waals surface area contributed by atoms with Crippen molar-refractivity contribution in [2.24, 2.45) is 22.7 Å². The second-order valence-electron chi connectivity index (χ2n) is 10.2. The minimum Gasteiger partial charge on any atom is -0.298 e. The van der Waals surface area contributed by atoms with Crippen molar-refractivity contribution in [1.82, 2.24) is 0 Å². The number of benzene rings is 3. The molecular formula is C31H26BrNO3. The number of anilines is 1. The van der Waals surface area contributed by atoms with E-state index in [4.69, 9.17) is 0 Å². The van der Waals surface area contributed by atoms with Crippen LogP contribution in [0.15, 0.2) is 89.4 Å². The maximum absolute atomic E-state index is 14.6. The Morgan fingerprint density at radius 3 is 1.83 bits per heavy atom. The molecule has 0 radical (unpaired) electrons. The monoisotopic (exact) mass is 539 g/mol. The highest BCUT2D eigenvalue weighted by Crippen LogP contribution is 2.74. The van der Waals surface area contributed by atoms with Gasteiger partial charge in [0.2, 0.25) is 11.8 Å². The van der Waals surface area contributed by atoms with Gasteiger partial charge < -0.3 is 0 Å². The number of fused-ring (bicyclic) bond motifs is 5. The highest BCUT2D eigenvalue weighted by molar-refractivity contribution is 9.10. The smallest absolute Gasteiger partial charge is 0.239 e. The number of allylic oxidation sites excluding steroid dienone is 2. The van der Waals surface area contributed by atoms with E-state index in [1.165, 1.54) is 4.90 Å². The third-order valence-corrected chi connectivity index (χ3v) is 8.93. The fourth-order valence-electron chi connectivity index (χ4n) is 7.20. The van der Waals surface area contributed by atoms with Gasteiger partial charge in [-0.1, -0.05) is 89.9 Å². The molecule has 36 heavy (non-hydrogen) atoms. The molecule has 3 aromatic rings. The Kier molecular flexibility index (Phi) is 5.20. The SMILES string of the molecule is CCCC12C(=O)C(C)(C(c3ccccc3)=C1c1ccccc1)C1C(=O)N(c3ccc(Br)cc3)C(=O)C12. The van der Waals surface area contributed by atoms with Crippen LogP contribution in [-0.4, -0.2) is 17.6 Å². The topological polar surface area (TPSA) is 54.5 Å². The largest absolute Gasteiger partial charge is 0.298 e. The molecule has 3 aliphatic rings. The number of hydrogen-bond acceptors (Lipinski definition) is 3. The summed E-state index contributed by atoms with van der Waals surface area (Å²) in [4.78, 5) is 44.2. The van der Waals surface area contributed by atoms with Crippen molar-refractivity contribution in [3.8, 4) is 0 Å². The Balaban J connectivity index is 1.65. The zero-order valence-corrected chi connectivity index (χ0v) is 21.8. The van der Waals surface area contributed by atoms with Crippen molar-refractivity contribution in [3.05, 3.63) is 101 Å². The van der Waals surface area contributed by atoms with Gasteiger partial charge in [0, 0.05) is 4.47 Å². The van der Waals surface area contributed by atoms with Crippen LogP contribution >= 0.6 is 15.9 Å². The molecule has 2 aliphatic carbocycles. The summed E-state index contributed by atoms with van der Waals surface area (Å²) in [6, 6.07) is 27.1. The van der Waals surface area contributed by atoms with Crippen molar-refractivity contribution in [1.29, 1.82) is 0 Å². The van der Waals surface area contributed by atoms with Gasteiger partial charge in [-0.25, -0.2) is 4.90 Å². The van der Waals surface area contributed by atoms with E-state index >= 15 is 0 Å². The second kappa shape index (κ2) is 8.10. The van der Waals surface area contributed by atoms with Crippen LogP contribution in [0.2, 0.25) is 0 Å². The second-order valence-corrected chi connectivity index (χ2v) is 11.1. The summed E-state index contributed by atoms with van der Waals surface area (Å²) < 4.78 is 0.870. The molecule has 4 unspecified atom stereocenters. The van der Waals surface area contributed by atoms with Crippen molar-refractivity contribution < 1.29 is 14.4 Å². The zero-order valence-electron chi connectivity index (χ0n) is 20.2. The van der Waals surface area contributed by atoms with Crippen LogP contribution in [0.5, 0.6) is 0 Å². The Morgan fingerprint density at radius 1 is 0.750 bits per heavy atom. The van der Waals surface area contributed by atoms with E-state index in [1.54, 1.807) is 12.1 Å². The maximum Gasteiger partial charge on any atom is 0.239 e. The third kappa shape index (κ3) is 2.78. The van der Waals surface area contributed by atoms with Crippen LogP contribution in [0.25, 0.3) is 11.1 Å². The molecule has 1 heterocycles. The lowest BCUT2D eigenvalue weighted by Gasteiger charge is -2.37. The number of ketones is 1. The Labute approximate surface area is 219 Å². The van der Waals surface area contributed by atoms with E-state index < -0.39 is 22.7 Å². The normalized spacial score (nSPS) is 28.9. The number of imide groups is 1. The molecular weight excluding hydrogens is 514 g/mol. The summed E-state index contributed by atoms with van der Waals surface area (Å²) in [5, 5.41) is 0. The molecule has 6 rings (SSSR count). The molecule has 4 nitrogen and oxygen atoms in total. The molecule has 5 heteroatoms. The van der Waals surface area contributed by atoms with Crippen LogP contribution in [0, 0.1) is 22.7 Å². The highest BCUT2D eigenvalue weighted by Gasteiger charge is 2.79. The Hall–Kier alpha value is -3.31. The molecule has 2 fully saturated rings. The molecule has 1 saturated carbocycles. The predicted octanol–water partition coefficient (Wildman–Crippen LogP) is 6.55. The quantitative estimate of drug-likeness (QED) is 0.345. The molecule has 0 N–H and O–H groups in total. The standard InChI is InChI=1S/C31H26BrNO3/c1-3-18-31-24(20-12-8-5-9-13-20)23(19-10-6-4-7-11-19)30(2,29(31)36)25-26(31)28(35)33(27(25)34)22-16-14-21(32)15-17-22/h4-17,25-26H,3,18H2,1-2H3. The summed E-state index contributed by atoms with van der Waals surface area (Å²) in [5.74, 6) is -1.97. The number of carbonyl (C=O) groups is 3. The van der Waals surface area contributed by atoms with Crippen LogP contribution in [-0.2, 0) is 14.4 Å². The van der Waals surface area contributed by atoms with Crippen LogP contribution in [0.3, 0.4) is 0 Å². The number of nitrogens with zero attached hydrogens (tertiary/aromatic N) is 1. The lowest BCUT2D eigenvalue weighted by Crippen LogP contribution is -2.41. The number of carbonyl (C=O) groups excluding carboxylic acids is 3. The molecule has 3 aromatic carbocycles. The molecule has 0 aromatic heterocycles. The van der Waals surface area contributed by atoms with Gasteiger partial charge in [-0.05, 0) is 59.9 Å². The number of amides is 2. The van der Waals surface area contributed by atoms with Gasteiger partial charge in [0.15, 0.2) is 5.78 Å². The van der Waals surface area contributed by atoms with E-state index in [2.05, 4.69) is 15.9 Å². The minimum atomic E-state index is -1.09. The summed E-state index contributed by atoms with van der Waals surface area (Å²) >= 11 is 3.44. The van der Waals surface area contributed by atoms with E-state index in [9.17, 15) is 14.4 Å². The van der Waals surface area contributed by atoms with Crippen molar-refractivity contribution >= 4 is 50.4 Å². The molecule has 180 valence electrons. The molecule has 1 saturated heterocycles. The first-order chi connectivity index (χ1) is 17.4. The number of Topliss-reactive ketones (excluding diaryl/α,β-unsaturated/α-hetero) is 1. The first-order valence-corrected chi connectivity index (χ1v) is 13.2. The lowest BCUT2D eigenvalue weighted by atomic mass is 9.61. The number of hydrogen-bond donors (Lipinski definition) is 0. The molecule has 2 amide bonds. The van der Waals surface area contributed by atoms with Crippen LogP contribution in [0.1, 0.15) is 37.8 Å². The van der Waals surface area contributed by atoms with Gasteiger partial charge in [-0.2, -0.15) is 0 Å². The molecule has 1 aliphatic heterocycles. The average molecular weight is 540 g/mol. The average Bonchev–Trinajstić information content (AvgIpc) is 3.36. The Morgan fingerprint density at radius 2 is 1.28 bits per heavy atom. The van der Waals surface area contributed by atoms with Gasteiger partial charge >= 0.3 is 0 Å². The van der Waals surface area contributed by atoms with Crippen molar-refractivity contribution in [2.75, 3.05) is 4.90 Å². The summed E-state index contributed by atoms with van der Waals surface area (Å²) in [6.45, 7) is 3.95. The van der Waals surface area contributed by atoms with Crippen molar-refractivity contribution in [2.45, 2.75) is 26.7 Å². The third-order valence-electron chi connectivity index (χ3n) is 8.41. The lowest BCUT2D eigenvalue weighted by molar-refractivity contribution is -0.134. The van der Waals surface area contributed by atoms with E-state index in [0.717, 1.165) is 33.2 Å². The first-order valence-electron chi connectivity index (χ1n) is 12.4. The van der Waals surface area contributed by atoms with E-state index in [-0.39, 0.29) is 17.6 Å². The van der Waals surface area contributed by atoms with E-state index in [0.29, 0.717) is 12.1 Å².